The van der Waals surface area contributed by atoms with Crippen LogP contribution in [0.1, 0.15) is 303 Å². The summed E-state index contributed by atoms with van der Waals surface area (Å²) in [5.74, 6) is -0.219. The Hall–Kier alpha value is -3.62. The second-order valence-corrected chi connectivity index (χ2v) is 27.0. The molecule has 0 aliphatic carbocycles. The average Bonchev–Trinajstić information content (AvgIpc) is 3.55. The second kappa shape index (κ2) is 68.7. The van der Waals surface area contributed by atoms with Crippen molar-refractivity contribution in [2.75, 3.05) is 40.9 Å². The van der Waals surface area contributed by atoms with Gasteiger partial charge in [0.2, 0.25) is 5.91 Å². The highest BCUT2D eigenvalue weighted by Crippen LogP contribution is 2.38. The van der Waals surface area contributed by atoms with Gasteiger partial charge in [-0.2, -0.15) is 0 Å². The SMILES string of the molecule is CC/C=C\C/C=C\C/C=C\C/C=C\C/C=C\C/C=C\C/C=C\C/C=C\C/C=C\C/C=C\CCCCCCCCCCC(=O)NC(COP(=O)([O-])OCC[N+](C)(C)C)C(O)/C=C/CC/C=C/CCCCCCCCCCCCCCCCCCCCCCCC. The maximum atomic E-state index is 13.0. The van der Waals surface area contributed by atoms with Crippen LogP contribution >= 0.6 is 7.82 Å². The summed E-state index contributed by atoms with van der Waals surface area (Å²) in [5.41, 5.74) is 0. The topological polar surface area (TPSA) is 108 Å². The zero-order valence-electron chi connectivity index (χ0n) is 58.3. The lowest BCUT2D eigenvalue weighted by Crippen LogP contribution is -2.45. The van der Waals surface area contributed by atoms with Crippen molar-refractivity contribution < 1.29 is 32.9 Å². The van der Waals surface area contributed by atoms with Gasteiger partial charge in [-0.3, -0.25) is 9.36 Å². The average molecular weight is 1260 g/mol. The number of phosphoric ester groups is 1. The number of rotatable bonds is 66. The first-order valence-corrected chi connectivity index (χ1v) is 38.2. The van der Waals surface area contributed by atoms with E-state index in [4.69, 9.17) is 9.05 Å². The first-order valence-electron chi connectivity index (χ1n) is 36.7. The van der Waals surface area contributed by atoms with Crippen LogP contribution in [-0.4, -0.2) is 68.5 Å². The Kier molecular flexibility index (Phi) is 65.9. The van der Waals surface area contributed by atoms with E-state index in [9.17, 15) is 19.4 Å². The molecule has 0 aliphatic rings. The maximum absolute atomic E-state index is 13.0. The predicted octanol–water partition coefficient (Wildman–Crippen LogP) is 23.3. The Morgan fingerprint density at radius 1 is 0.404 bits per heavy atom. The molecule has 3 unspecified atom stereocenters. The van der Waals surface area contributed by atoms with Crippen molar-refractivity contribution in [1.29, 1.82) is 0 Å². The highest BCUT2D eigenvalue weighted by atomic mass is 31.2. The minimum absolute atomic E-state index is 0.0148. The molecule has 0 saturated heterocycles. The number of allylic oxidation sites excluding steroid dienone is 23. The molecule has 0 aliphatic heterocycles. The largest absolute Gasteiger partial charge is 0.756 e. The zero-order chi connectivity index (χ0) is 64.8. The van der Waals surface area contributed by atoms with Gasteiger partial charge in [-0.1, -0.05) is 333 Å². The maximum Gasteiger partial charge on any atom is 0.268 e. The molecule has 0 heterocycles. The third-order valence-electron chi connectivity index (χ3n) is 15.8. The summed E-state index contributed by atoms with van der Waals surface area (Å²) in [6.45, 7) is 4.52. The predicted molar refractivity (Wildman–Crippen MR) is 389 cm³/mol. The summed E-state index contributed by atoms with van der Waals surface area (Å²) in [4.78, 5) is 25.7. The molecule has 0 fully saturated rings. The minimum atomic E-state index is -4.63. The van der Waals surface area contributed by atoms with Crippen LogP contribution in [0.3, 0.4) is 0 Å². The van der Waals surface area contributed by atoms with E-state index in [0.29, 0.717) is 17.4 Å². The van der Waals surface area contributed by atoms with E-state index in [0.717, 1.165) is 116 Å². The number of aliphatic hydroxyl groups is 1. The van der Waals surface area contributed by atoms with Crippen molar-refractivity contribution in [3.63, 3.8) is 0 Å². The van der Waals surface area contributed by atoms with Crippen molar-refractivity contribution in [3.8, 4) is 0 Å². The van der Waals surface area contributed by atoms with E-state index in [2.05, 4.69) is 153 Å². The van der Waals surface area contributed by atoms with Gasteiger partial charge in [0.15, 0.2) is 0 Å². The fraction of sp³-hybridized carbons (Fsp3) is 0.688. The number of nitrogens with zero attached hydrogens (tertiary/aromatic N) is 1. The van der Waals surface area contributed by atoms with Crippen LogP contribution in [0.25, 0.3) is 0 Å². The summed E-state index contributed by atoms with van der Waals surface area (Å²) in [6.07, 6.45) is 105. The van der Waals surface area contributed by atoms with E-state index in [1.54, 1.807) is 6.08 Å². The van der Waals surface area contributed by atoms with Gasteiger partial charge >= 0.3 is 0 Å². The molecule has 0 bridgehead atoms. The number of carbonyl (C=O) groups excluding carboxylic acids is 1. The van der Waals surface area contributed by atoms with Gasteiger partial charge < -0.3 is 28.8 Å². The van der Waals surface area contributed by atoms with Crippen molar-refractivity contribution in [2.24, 2.45) is 0 Å². The Balaban J connectivity index is 4.17. The molecule has 2 N–H and O–H groups in total. The molecule has 0 saturated carbocycles. The van der Waals surface area contributed by atoms with Crippen LogP contribution in [0.2, 0.25) is 0 Å². The van der Waals surface area contributed by atoms with Gasteiger partial charge in [0, 0.05) is 6.42 Å². The Labute approximate surface area is 550 Å². The lowest BCUT2D eigenvalue weighted by molar-refractivity contribution is -0.870. The fourth-order valence-electron chi connectivity index (χ4n) is 10.1. The summed E-state index contributed by atoms with van der Waals surface area (Å²) >= 11 is 0. The van der Waals surface area contributed by atoms with Crippen molar-refractivity contribution in [3.05, 3.63) is 146 Å². The number of quaternary nitrogens is 1. The first kappa shape index (κ1) is 85.4. The molecule has 0 aromatic heterocycles. The summed E-state index contributed by atoms with van der Waals surface area (Å²) in [7, 11) is 1.23. The van der Waals surface area contributed by atoms with Crippen molar-refractivity contribution >= 4 is 13.7 Å². The van der Waals surface area contributed by atoms with Gasteiger partial charge in [-0.25, -0.2) is 0 Å². The van der Waals surface area contributed by atoms with Crippen LogP contribution < -0.4 is 10.2 Å². The molecule has 0 spiro atoms. The molecular formula is C80H139N2O6P. The Morgan fingerprint density at radius 2 is 0.697 bits per heavy atom. The van der Waals surface area contributed by atoms with Gasteiger partial charge in [0.1, 0.15) is 13.2 Å². The molecule has 510 valence electrons. The van der Waals surface area contributed by atoms with Crippen LogP contribution in [0.5, 0.6) is 0 Å². The van der Waals surface area contributed by atoms with Gasteiger partial charge in [-0.15, -0.1) is 0 Å². The number of nitrogens with one attached hydrogen (secondary N) is 1. The number of hydrogen-bond donors (Lipinski definition) is 2. The summed E-state index contributed by atoms with van der Waals surface area (Å²) in [5, 5.41) is 13.9. The lowest BCUT2D eigenvalue weighted by atomic mass is 10.0. The number of unbranched alkanes of at least 4 members (excludes halogenated alkanes) is 31. The summed E-state index contributed by atoms with van der Waals surface area (Å²) < 4.78 is 23.4. The highest BCUT2D eigenvalue weighted by Gasteiger charge is 2.23. The Bertz CT molecular complexity index is 1960. The molecular weight excluding hydrogens is 1120 g/mol. The van der Waals surface area contributed by atoms with E-state index in [-0.39, 0.29) is 12.5 Å². The molecule has 0 aromatic rings. The number of carbonyl (C=O) groups is 1. The monoisotopic (exact) mass is 1260 g/mol. The number of amides is 1. The smallest absolute Gasteiger partial charge is 0.268 e. The van der Waals surface area contributed by atoms with Crippen molar-refractivity contribution in [1.82, 2.24) is 5.32 Å². The van der Waals surface area contributed by atoms with Crippen molar-refractivity contribution in [2.45, 2.75) is 315 Å². The molecule has 0 radical (unpaired) electrons. The number of hydrogen-bond acceptors (Lipinski definition) is 6. The van der Waals surface area contributed by atoms with Crippen LogP contribution in [0.15, 0.2) is 146 Å². The molecule has 0 rings (SSSR count). The molecule has 9 heteroatoms. The van der Waals surface area contributed by atoms with Crippen LogP contribution in [0, 0.1) is 0 Å². The third-order valence-corrected chi connectivity index (χ3v) is 16.7. The van der Waals surface area contributed by atoms with E-state index >= 15 is 0 Å². The van der Waals surface area contributed by atoms with E-state index in [1.165, 1.54) is 167 Å². The normalized spacial score (nSPS) is 14.5. The number of phosphoric acid groups is 1. The van der Waals surface area contributed by atoms with Gasteiger partial charge in [0.05, 0.1) is 39.9 Å². The zero-order valence-corrected chi connectivity index (χ0v) is 59.2. The number of likely N-dealkylation sites (N-methyl/N-ethyl adjacent to an activating group) is 1. The van der Waals surface area contributed by atoms with Gasteiger partial charge in [0.25, 0.3) is 7.82 Å². The Morgan fingerprint density at radius 3 is 1.04 bits per heavy atom. The van der Waals surface area contributed by atoms with Crippen LogP contribution in [-0.2, 0) is 18.4 Å². The fourth-order valence-corrected chi connectivity index (χ4v) is 10.9. The van der Waals surface area contributed by atoms with E-state index in [1.807, 2.05) is 27.2 Å². The molecule has 1 amide bonds. The second-order valence-electron chi connectivity index (χ2n) is 25.6. The quantitative estimate of drug-likeness (QED) is 0.0272. The van der Waals surface area contributed by atoms with Gasteiger partial charge in [-0.05, 0) is 109 Å². The molecule has 8 nitrogen and oxygen atoms in total. The number of aliphatic hydroxyl groups excluding tert-OH is 1. The van der Waals surface area contributed by atoms with Crippen LogP contribution in [0.4, 0.5) is 0 Å². The molecule has 89 heavy (non-hydrogen) atoms. The van der Waals surface area contributed by atoms with E-state index < -0.39 is 26.6 Å². The summed E-state index contributed by atoms with van der Waals surface area (Å²) in [6, 6.07) is -0.920. The highest BCUT2D eigenvalue weighted by molar-refractivity contribution is 7.45. The minimum Gasteiger partial charge on any atom is -0.756 e. The first-order chi connectivity index (χ1) is 43.5. The lowest BCUT2D eigenvalue weighted by Gasteiger charge is -2.29. The molecule has 0 aromatic carbocycles. The third kappa shape index (κ3) is 71.7. The molecule has 3 atom stereocenters. The standard InChI is InChI=1S/C80H139N2O6P/c1-6-8-10-12-14-16-18-20-22-24-26-28-30-32-34-36-37-38-39-40-41-42-43-44-45-46-48-50-52-54-56-58-60-62-64-66-68-70-72-74-80(84)81-78(77-88-89(85,86)87-76-75-82(3,4)5)79(83)73-71-69-67-65-63-61-59-57-55-53-51-49-47-35-33-31-29-27-25-23-21-19-17-15-13-11-9-7-2/h8,10,14,16,20,22,26,28,32,34,37-38,40-41,43-44,46,48,52,54,63,65,71,73,78-79,83H,6-7,9,11-13,15,17-19,21,23-25,27,29-31,33,35-36,39,42,45,47,49-51,53,55-62,64,66-70,72,74-77H2,1-5H3,(H-,81,84,85,86)/b10-8-,16-14-,22-20-,28-26-,34-32-,38-37-,41-40-,44-43-,48-46-,54-52-,65-63+,73-71+.